The van der Waals surface area contributed by atoms with Gasteiger partial charge >= 0.3 is 16.4 Å². The van der Waals surface area contributed by atoms with Gasteiger partial charge in [-0.1, -0.05) is 36.4 Å². The number of carbonyl (C=O) groups is 1. The largest absolute Gasteiger partial charge is 0.506 e. The zero-order valence-corrected chi connectivity index (χ0v) is 15.7. The highest BCUT2D eigenvalue weighted by molar-refractivity contribution is 7.92. The molecule has 0 spiro atoms. The summed E-state index contributed by atoms with van der Waals surface area (Å²) in [7, 11) is -4.13. The second-order valence-electron chi connectivity index (χ2n) is 6.58. The highest BCUT2D eigenvalue weighted by Gasteiger charge is 2.54. The first-order valence-corrected chi connectivity index (χ1v) is 9.88. The van der Waals surface area contributed by atoms with Gasteiger partial charge in [0.15, 0.2) is 5.60 Å². The van der Waals surface area contributed by atoms with Crippen LogP contribution in [-0.2, 0) is 27.0 Å². The highest BCUT2D eigenvalue weighted by atomic mass is 32.2. The molecule has 0 saturated carbocycles. The van der Waals surface area contributed by atoms with E-state index in [1.165, 1.54) is 42.5 Å². The topological polar surface area (TPSA) is 107 Å². The SMILES string of the molecule is O=C1CN(c2ccc(CCC(O)(c3ccccc3)C(F)(F)F)cc2O)S(=O)(=O)N1. The number of aryl methyl sites for hydroxylation is 1. The van der Waals surface area contributed by atoms with Crippen LogP contribution in [-0.4, -0.2) is 37.3 Å². The van der Waals surface area contributed by atoms with Crippen LogP contribution in [0.1, 0.15) is 17.5 Å². The predicted octanol–water partition coefficient (Wildman–Crippen LogP) is 1.96. The molecule has 2 aromatic rings. The number of benzene rings is 2. The van der Waals surface area contributed by atoms with E-state index in [1.807, 2.05) is 0 Å². The van der Waals surface area contributed by atoms with Gasteiger partial charge in [-0.05, 0) is 36.1 Å². The number of alkyl halides is 3. The van der Waals surface area contributed by atoms with E-state index in [0.717, 1.165) is 6.07 Å². The van der Waals surface area contributed by atoms with Gasteiger partial charge in [0, 0.05) is 0 Å². The van der Waals surface area contributed by atoms with E-state index in [9.17, 15) is 36.6 Å². The molecule has 1 atom stereocenters. The van der Waals surface area contributed by atoms with E-state index in [-0.39, 0.29) is 23.2 Å². The zero-order valence-electron chi connectivity index (χ0n) is 14.8. The molecule has 29 heavy (non-hydrogen) atoms. The average Bonchev–Trinajstić information content (AvgIpc) is 2.91. The third-order valence-corrected chi connectivity index (χ3v) is 6.02. The summed E-state index contributed by atoms with van der Waals surface area (Å²) in [5, 5.41) is 20.5. The first-order chi connectivity index (χ1) is 13.4. The number of aliphatic hydroxyl groups is 1. The maximum atomic E-state index is 13.6. The Kier molecular flexibility index (Phi) is 5.22. The van der Waals surface area contributed by atoms with E-state index in [4.69, 9.17) is 0 Å². The normalized spacial score (nSPS) is 18.3. The zero-order chi connectivity index (χ0) is 21.4. The summed E-state index contributed by atoms with van der Waals surface area (Å²) in [5.74, 6) is -1.29. The minimum atomic E-state index is -4.92. The lowest BCUT2D eigenvalue weighted by Crippen LogP contribution is -2.42. The van der Waals surface area contributed by atoms with E-state index in [2.05, 4.69) is 0 Å². The molecule has 3 rings (SSSR count). The molecule has 1 aliphatic rings. The van der Waals surface area contributed by atoms with E-state index < -0.39 is 46.6 Å². The van der Waals surface area contributed by atoms with Gasteiger partial charge in [0.1, 0.15) is 12.3 Å². The lowest BCUT2D eigenvalue weighted by Gasteiger charge is -2.31. The molecule has 7 nitrogen and oxygen atoms in total. The van der Waals surface area contributed by atoms with Crippen molar-refractivity contribution in [2.45, 2.75) is 24.6 Å². The summed E-state index contributed by atoms with van der Waals surface area (Å²) >= 11 is 0. The van der Waals surface area contributed by atoms with Crippen LogP contribution in [0.2, 0.25) is 0 Å². The Morgan fingerprint density at radius 3 is 2.28 bits per heavy atom. The molecule has 1 amide bonds. The first-order valence-electron chi connectivity index (χ1n) is 8.44. The number of nitrogens with zero attached hydrogens (tertiary/aromatic N) is 1. The van der Waals surface area contributed by atoms with E-state index >= 15 is 0 Å². The molecule has 156 valence electrons. The lowest BCUT2D eigenvalue weighted by atomic mass is 9.87. The number of hydrogen-bond acceptors (Lipinski definition) is 5. The molecule has 0 aliphatic carbocycles. The van der Waals surface area contributed by atoms with Crippen molar-refractivity contribution in [1.82, 2.24) is 4.72 Å². The van der Waals surface area contributed by atoms with Gasteiger partial charge in [-0.2, -0.15) is 21.6 Å². The van der Waals surface area contributed by atoms with Crippen LogP contribution in [0.4, 0.5) is 18.9 Å². The molecule has 0 aromatic heterocycles. The Hall–Kier alpha value is -2.79. The minimum Gasteiger partial charge on any atom is -0.506 e. The van der Waals surface area contributed by atoms with Crippen LogP contribution in [0, 0.1) is 0 Å². The molecule has 1 fully saturated rings. The Morgan fingerprint density at radius 1 is 1.10 bits per heavy atom. The molecule has 0 bridgehead atoms. The molecule has 3 N–H and O–H groups in total. The average molecular weight is 430 g/mol. The van der Waals surface area contributed by atoms with Crippen molar-refractivity contribution >= 4 is 21.8 Å². The number of carbonyl (C=O) groups excluding carboxylic acids is 1. The fourth-order valence-electron chi connectivity index (χ4n) is 3.09. The van der Waals surface area contributed by atoms with Crippen LogP contribution < -0.4 is 9.03 Å². The number of amides is 1. The Morgan fingerprint density at radius 2 is 1.76 bits per heavy atom. The summed E-state index contributed by atoms with van der Waals surface area (Å²) in [6.45, 7) is -0.517. The van der Waals surface area contributed by atoms with Gasteiger partial charge in [-0.15, -0.1) is 0 Å². The number of rotatable bonds is 5. The molecular formula is C18H17F3N2O5S. The summed E-state index contributed by atoms with van der Waals surface area (Å²) in [4.78, 5) is 11.3. The van der Waals surface area contributed by atoms with Gasteiger partial charge < -0.3 is 10.2 Å². The van der Waals surface area contributed by atoms with Crippen molar-refractivity contribution in [3.63, 3.8) is 0 Å². The number of phenols is 1. The minimum absolute atomic E-state index is 0.179. The van der Waals surface area contributed by atoms with Crippen molar-refractivity contribution in [2.24, 2.45) is 0 Å². The third-order valence-electron chi connectivity index (χ3n) is 4.62. The van der Waals surface area contributed by atoms with Crippen LogP contribution in [0.3, 0.4) is 0 Å². The van der Waals surface area contributed by atoms with Gasteiger partial charge in [0.25, 0.3) is 5.91 Å². The summed E-state index contributed by atoms with van der Waals surface area (Å²) in [6, 6.07) is 10.3. The van der Waals surface area contributed by atoms with Crippen molar-refractivity contribution < 1.29 is 36.6 Å². The summed E-state index contributed by atoms with van der Waals surface area (Å²) < 4.78 is 66.8. The van der Waals surface area contributed by atoms with Crippen LogP contribution in [0.15, 0.2) is 48.5 Å². The summed E-state index contributed by atoms with van der Waals surface area (Å²) in [6.07, 6.45) is -5.88. The number of hydrogen-bond donors (Lipinski definition) is 3. The maximum absolute atomic E-state index is 13.6. The molecule has 1 heterocycles. The molecular weight excluding hydrogens is 413 g/mol. The summed E-state index contributed by atoms with van der Waals surface area (Å²) in [5.41, 5.74) is -3.32. The third kappa shape index (κ3) is 4.01. The second-order valence-corrected chi connectivity index (χ2v) is 8.18. The Bertz CT molecular complexity index is 1030. The molecule has 1 unspecified atom stereocenters. The lowest BCUT2D eigenvalue weighted by molar-refractivity contribution is -0.269. The fourth-order valence-corrected chi connectivity index (χ4v) is 4.25. The van der Waals surface area contributed by atoms with Crippen molar-refractivity contribution in [1.29, 1.82) is 0 Å². The quantitative estimate of drug-likeness (QED) is 0.672. The number of nitrogens with one attached hydrogen (secondary N) is 1. The van der Waals surface area contributed by atoms with Gasteiger partial charge in [0.2, 0.25) is 0 Å². The van der Waals surface area contributed by atoms with Crippen LogP contribution in [0.5, 0.6) is 5.75 Å². The van der Waals surface area contributed by atoms with Gasteiger partial charge in [-0.3, -0.25) is 4.79 Å². The number of anilines is 1. The molecule has 0 radical (unpaired) electrons. The smallest absolute Gasteiger partial charge is 0.421 e. The first kappa shape index (κ1) is 20.9. The van der Waals surface area contributed by atoms with Crippen molar-refractivity contribution in [3.05, 3.63) is 59.7 Å². The maximum Gasteiger partial charge on any atom is 0.421 e. The highest BCUT2D eigenvalue weighted by Crippen LogP contribution is 2.42. The Balaban J connectivity index is 1.84. The monoisotopic (exact) mass is 430 g/mol. The molecule has 2 aromatic carbocycles. The van der Waals surface area contributed by atoms with E-state index in [1.54, 1.807) is 4.72 Å². The predicted molar refractivity (Wildman–Crippen MR) is 97.2 cm³/mol. The molecule has 1 saturated heterocycles. The van der Waals surface area contributed by atoms with Crippen molar-refractivity contribution in [3.8, 4) is 5.75 Å². The van der Waals surface area contributed by atoms with Gasteiger partial charge in [-0.25, -0.2) is 9.03 Å². The fraction of sp³-hybridized carbons (Fsp3) is 0.278. The van der Waals surface area contributed by atoms with Gasteiger partial charge in [0.05, 0.1) is 5.69 Å². The molecule has 1 aliphatic heterocycles. The number of phenolic OH excluding ortho intramolecular Hbond substituents is 1. The molecule has 11 heteroatoms. The number of aromatic hydroxyl groups is 1. The standard InChI is InChI=1S/C18H17F3N2O5S/c19-18(20,21)17(26,13-4-2-1-3-5-13)9-8-12-6-7-14(15(24)10-12)23-11-16(25)22-29(23,27)28/h1-7,10,24,26H,8-9,11H2,(H,22,25). The van der Waals surface area contributed by atoms with E-state index in [0.29, 0.717) is 4.31 Å². The second kappa shape index (κ2) is 7.23. The van der Waals surface area contributed by atoms with Crippen LogP contribution >= 0.6 is 0 Å². The Labute approximate surface area is 164 Å². The number of halogens is 3. The van der Waals surface area contributed by atoms with Crippen molar-refractivity contribution in [2.75, 3.05) is 10.8 Å². The van der Waals surface area contributed by atoms with Crippen LogP contribution in [0.25, 0.3) is 0 Å².